The number of methoxy groups -OCH3 is 1. The molecule has 0 bridgehead atoms. The van der Waals surface area contributed by atoms with E-state index in [-0.39, 0.29) is 5.57 Å². The van der Waals surface area contributed by atoms with Gasteiger partial charge in [0, 0.05) is 6.20 Å². The third kappa shape index (κ3) is 2.42. The monoisotopic (exact) mass is 188 g/mol. The van der Waals surface area contributed by atoms with Crippen molar-refractivity contribution >= 4 is 12.0 Å². The maximum Gasteiger partial charge on any atom is 0.348 e. The second kappa shape index (κ2) is 4.77. The highest BCUT2D eigenvalue weighted by Crippen LogP contribution is 2.03. The summed E-state index contributed by atoms with van der Waals surface area (Å²) in [4.78, 5) is 15.0. The van der Waals surface area contributed by atoms with Crippen LogP contribution in [0.4, 0.5) is 0 Å². The van der Waals surface area contributed by atoms with Crippen molar-refractivity contribution in [2.45, 2.75) is 0 Å². The van der Waals surface area contributed by atoms with E-state index in [4.69, 9.17) is 5.26 Å². The van der Waals surface area contributed by atoms with Crippen LogP contribution in [0.1, 0.15) is 5.69 Å². The molecular weight excluding hydrogens is 180 g/mol. The van der Waals surface area contributed by atoms with Crippen LogP contribution in [-0.2, 0) is 9.53 Å². The van der Waals surface area contributed by atoms with Crippen molar-refractivity contribution in [3.8, 4) is 6.07 Å². The highest BCUT2D eigenvalue weighted by molar-refractivity contribution is 5.97. The number of rotatable bonds is 2. The molecule has 70 valence electrons. The molecular formula is C10H8N2O2. The molecule has 4 nitrogen and oxygen atoms in total. The fourth-order valence-corrected chi connectivity index (χ4v) is 0.856. The van der Waals surface area contributed by atoms with Crippen molar-refractivity contribution in [2.75, 3.05) is 7.11 Å². The second-order valence-corrected chi connectivity index (χ2v) is 2.42. The Labute approximate surface area is 81.5 Å². The van der Waals surface area contributed by atoms with Crippen LogP contribution in [0.5, 0.6) is 0 Å². The van der Waals surface area contributed by atoms with Crippen LogP contribution in [0.15, 0.2) is 30.0 Å². The Bertz CT molecular complexity index is 390. The fraction of sp³-hybridized carbons (Fsp3) is 0.100. The zero-order valence-electron chi connectivity index (χ0n) is 7.60. The third-order valence-corrected chi connectivity index (χ3v) is 1.51. The molecule has 0 fully saturated rings. The number of hydrogen-bond acceptors (Lipinski definition) is 4. The van der Waals surface area contributed by atoms with Crippen LogP contribution in [-0.4, -0.2) is 18.1 Å². The van der Waals surface area contributed by atoms with Crippen molar-refractivity contribution in [1.29, 1.82) is 5.26 Å². The number of carbonyl (C=O) groups is 1. The topological polar surface area (TPSA) is 63.0 Å². The predicted molar refractivity (Wildman–Crippen MR) is 49.8 cm³/mol. The molecule has 0 aliphatic carbocycles. The summed E-state index contributed by atoms with van der Waals surface area (Å²) in [6.45, 7) is 0. The number of carbonyl (C=O) groups excluding carboxylic acids is 1. The summed E-state index contributed by atoms with van der Waals surface area (Å²) in [5.74, 6) is -0.654. The van der Waals surface area contributed by atoms with Crippen molar-refractivity contribution < 1.29 is 9.53 Å². The third-order valence-electron chi connectivity index (χ3n) is 1.51. The molecule has 0 N–H and O–H groups in total. The standard InChI is InChI=1S/C10H8N2O2/c1-14-10(13)8(7-11)6-9-4-2-3-5-12-9/h2-6H,1H3/b8-6-. The molecule has 1 rings (SSSR count). The molecule has 0 radical (unpaired) electrons. The molecule has 0 atom stereocenters. The van der Waals surface area contributed by atoms with Crippen molar-refractivity contribution in [2.24, 2.45) is 0 Å². The lowest BCUT2D eigenvalue weighted by molar-refractivity contribution is -0.135. The zero-order chi connectivity index (χ0) is 10.4. The lowest BCUT2D eigenvalue weighted by Crippen LogP contribution is -2.02. The number of aromatic nitrogens is 1. The zero-order valence-corrected chi connectivity index (χ0v) is 7.60. The first-order chi connectivity index (χ1) is 6.77. The summed E-state index contributed by atoms with van der Waals surface area (Å²) < 4.78 is 4.42. The largest absolute Gasteiger partial charge is 0.465 e. The highest BCUT2D eigenvalue weighted by Gasteiger charge is 2.08. The number of nitriles is 1. The van der Waals surface area contributed by atoms with Crippen LogP contribution in [0.25, 0.3) is 6.08 Å². The summed E-state index contributed by atoms with van der Waals surface area (Å²) >= 11 is 0. The molecule has 1 aromatic heterocycles. The van der Waals surface area contributed by atoms with Crippen molar-refractivity contribution in [1.82, 2.24) is 4.98 Å². The van der Waals surface area contributed by atoms with Gasteiger partial charge in [0.2, 0.25) is 0 Å². The van der Waals surface area contributed by atoms with Crippen LogP contribution in [0.3, 0.4) is 0 Å². The molecule has 1 aromatic rings. The molecule has 14 heavy (non-hydrogen) atoms. The molecule has 0 aliphatic rings. The fourth-order valence-electron chi connectivity index (χ4n) is 0.856. The van der Waals surface area contributed by atoms with Gasteiger partial charge < -0.3 is 4.74 Å². The average Bonchev–Trinajstić information content (AvgIpc) is 2.26. The van der Waals surface area contributed by atoms with Gasteiger partial charge in [-0.05, 0) is 18.2 Å². The lowest BCUT2D eigenvalue weighted by Gasteiger charge is -1.95. The Hall–Kier alpha value is -2.15. The first-order valence-corrected chi connectivity index (χ1v) is 3.89. The number of pyridine rings is 1. The van der Waals surface area contributed by atoms with Gasteiger partial charge in [-0.15, -0.1) is 0 Å². The van der Waals surface area contributed by atoms with Gasteiger partial charge in [-0.25, -0.2) is 4.79 Å². The second-order valence-electron chi connectivity index (χ2n) is 2.42. The Kier molecular flexibility index (Phi) is 3.39. The van der Waals surface area contributed by atoms with E-state index >= 15 is 0 Å². The molecule has 0 amide bonds. The smallest absolute Gasteiger partial charge is 0.348 e. The maximum absolute atomic E-state index is 11.0. The van der Waals surface area contributed by atoms with E-state index in [9.17, 15) is 4.79 Å². The van der Waals surface area contributed by atoms with Crippen LogP contribution in [0.2, 0.25) is 0 Å². The van der Waals surface area contributed by atoms with Gasteiger partial charge in [-0.3, -0.25) is 4.98 Å². The van der Waals surface area contributed by atoms with Gasteiger partial charge in [-0.2, -0.15) is 5.26 Å². The molecule has 0 aromatic carbocycles. The van der Waals surface area contributed by atoms with Crippen molar-refractivity contribution in [3.63, 3.8) is 0 Å². The summed E-state index contributed by atoms with van der Waals surface area (Å²) in [7, 11) is 1.23. The molecule has 0 saturated heterocycles. The Morgan fingerprint density at radius 2 is 2.43 bits per heavy atom. The SMILES string of the molecule is COC(=O)/C(C#N)=C\c1ccccn1. The number of nitrogens with zero attached hydrogens (tertiary/aromatic N) is 2. The molecule has 1 heterocycles. The van der Waals surface area contributed by atoms with Gasteiger partial charge in [-0.1, -0.05) is 6.07 Å². The Balaban J connectivity index is 2.97. The van der Waals surface area contributed by atoms with Gasteiger partial charge in [0.1, 0.15) is 11.6 Å². The minimum atomic E-state index is -0.654. The van der Waals surface area contributed by atoms with Gasteiger partial charge >= 0.3 is 5.97 Å². The van der Waals surface area contributed by atoms with Crippen LogP contribution in [0, 0.1) is 11.3 Å². The minimum absolute atomic E-state index is 0.0637. The molecule has 0 spiro atoms. The summed E-state index contributed by atoms with van der Waals surface area (Å²) in [5.41, 5.74) is 0.487. The Morgan fingerprint density at radius 3 is 2.93 bits per heavy atom. The quantitative estimate of drug-likeness (QED) is 0.397. The first-order valence-electron chi connectivity index (χ1n) is 3.89. The number of esters is 1. The maximum atomic E-state index is 11.0. The van der Waals surface area contributed by atoms with E-state index in [2.05, 4.69) is 9.72 Å². The van der Waals surface area contributed by atoms with E-state index in [1.54, 1.807) is 30.5 Å². The van der Waals surface area contributed by atoms with E-state index in [1.807, 2.05) is 0 Å². The van der Waals surface area contributed by atoms with Gasteiger partial charge in [0.15, 0.2) is 0 Å². The first kappa shape index (κ1) is 9.93. The predicted octanol–water partition coefficient (Wildman–Crippen LogP) is 1.16. The van der Waals surface area contributed by atoms with Crippen molar-refractivity contribution in [3.05, 3.63) is 35.7 Å². The Morgan fingerprint density at radius 1 is 1.64 bits per heavy atom. The minimum Gasteiger partial charge on any atom is -0.465 e. The average molecular weight is 188 g/mol. The summed E-state index contributed by atoms with van der Waals surface area (Å²) in [5, 5.41) is 8.64. The van der Waals surface area contributed by atoms with E-state index < -0.39 is 5.97 Å². The van der Waals surface area contributed by atoms with Gasteiger partial charge in [0.05, 0.1) is 12.8 Å². The molecule has 0 aliphatic heterocycles. The number of ether oxygens (including phenoxy) is 1. The normalized spacial score (nSPS) is 10.4. The number of hydrogen-bond donors (Lipinski definition) is 0. The summed E-state index contributed by atoms with van der Waals surface area (Å²) in [6, 6.07) is 6.96. The van der Waals surface area contributed by atoms with Crippen LogP contribution >= 0.6 is 0 Å². The van der Waals surface area contributed by atoms with Gasteiger partial charge in [0.25, 0.3) is 0 Å². The van der Waals surface area contributed by atoms with Crippen LogP contribution < -0.4 is 0 Å². The lowest BCUT2D eigenvalue weighted by atomic mass is 10.2. The van der Waals surface area contributed by atoms with E-state index in [0.717, 1.165) is 0 Å². The summed E-state index contributed by atoms with van der Waals surface area (Å²) in [6.07, 6.45) is 2.96. The van der Waals surface area contributed by atoms with E-state index in [1.165, 1.54) is 13.2 Å². The highest BCUT2D eigenvalue weighted by atomic mass is 16.5. The molecule has 4 heteroatoms. The van der Waals surface area contributed by atoms with E-state index in [0.29, 0.717) is 5.69 Å². The molecule has 0 saturated carbocycles. The molecule has 0 unspecified atom stereocenters.